The van der Waals surface area contributed by atoms with Gasteiger partial charge in [-0.2, -0.15) is 11.3 Å². The zero-order valence-corrected chi connectivity index (χ0v) is 10.0. The van der Waals surface area contributed by atoms with Crippen molar-refractivity contribution >= 4 is 23.2 Å². The van der Waals surface area contributed by atoms with Gasteiger partial charge in [0.15, 0.2) is 0 Å². The molecule has 1 aromatic rings. The Morgan fingerprint density at radius 1 is 1.44 bits per heavy atom. The Morgan fingerprint density at radius 2 is 2.25 bits per heavy atom. The van der Waals surface area contributed by atoms with Gasteiger partial charge in [-0.3, -0.25) is 9.59 Å². The van der Waals surface area contributed by atoms with Crippen LogP contribution in [-0.4, -0.2) is 25.5 Å². The number of nitrogens with one attached hydrogen (secondary N) is 1. The van der Waals surface area contributed by atoms with Gasteiger partial charge in [0.25, 0.3) is 0 Å². The maximum atomic E-state index is 11.3. The van der Waals surface area contributed by atoms with Gasteiger partial charge in [-0.05, 0) is 28.8 Å². The summed E-state index contributed by atoms with van der Waals surface area (Å²) in [5.41, 5.74) is 1.17. The van der Waals surface area contributed by atoms with Crippen molar-refractivity contribution in [2.24, 2.45) is 0 Å². The third kappa shape index (κ3) is 4.93. The molecule has 1 N–H and O–H groups in total. The van der Waals surface area contributed by atoms with E-state index in [1.807, 2.05) is 16.8 Å². The van der Waals surface area contributed by atoms with Crippen molar-refractivity contribution in [3.05, 3.63) is 22.4 Å². The molecule has 0 aliphatic rings. The fourth-order valence-electron chi connectivity index (χ4n) is 1.19. The Hall–Kier alpha value is -1.36. The van der Waals surface area contributed by atoms with Gasteiger partial charge in [0.05, 0.1) is 13.5 Å². The van der Waals surface area contributed by atoms with Gasteiger partial charge >= 0.3 is 5.97 Å². The predicted octanol–water partition coefficient (Wildman–Crippen LogP) is 1.36. The summed E-state index contributed by atoms with van der Waals surface area (Å²) in [4.78, 5) is 22.1. The number of aryl methyl sites for hydroxylation is 1. The van der Waals surface area contributed by atoms with Gasteiger partial charge in [-0.15, -0.1) is 0 Å². The lowest BCUT2D eigenvalue weighted by Crippen LogP contribution is -2.26. The van der Waals surface area contributed by atoms with Crippen molar-refractivity contribution in [3.8, 4) is 0 Å². The molecule has 0 spiro atoms. The lowest BCUT2D eigenvalue weighted by atomic mass is 10.2. The lowest BCUT2D eigenvalue weighted by molar-refractivity contribution is -0.140. The number of carbonyl (C=O) groups excluding carboxylic acids is 2. The van der Waals surface area contributed by atoms with Crippen molar-refractivity contribution in [1.29, 1.82) is 0 Å². The first kappa shape index (κ1) is 12.7. The maximum absolute atomic E-state index is 11.3. The van der Waals surface area contributed by atoms with Crippen LogP contribution < -0.4 is 5.32 Å². The molecule has 0 aliphatic carbocycles. The summed E-state index contributed by atoms with van der Waals surface area (Å²) in [6, 6.07) is 2.01. The van der Waals surface area contributed by atoms with E-state index in [1.165, 1.54) is 12.7 Å². The normalized spacial score (nSPS) is 9.81. The quantitative estimate of drug-likeness (QED) is 0.765. The molecule has 1 amide bonds. The molecule has 16 heavy (non-hydrogen) atoms. The van der Waals surface area contributed by atoms with Crippen molar-refractivity contribution in [3.63, 3.8) is 0 Å². The molecule has 4 nitrogen and oxygen atoms in total. The molecule has 0 fully saturated rings. The van der Waals surface area contributed by atoms with E-state index in [1.54, 1.807) is 11.3 Å². The SMILES string of the molecule is COC(=O)CCNC(=O)CCc1ccsc1. The van der Waals surface area contributed by atoms with E-state index in [2.05, 4.69) is 10.1 Å². The minimum Gasteiger partial charge on any atom is -0.469 e. The third-order valence-corrected chi connectivity index (χ3v) is 2.83. The topological polar surface area (TPSA) is 55.4 Å². The molecule has 88 valence electrons. The Balaban J connectivity index is 2.09. The van der Waals surface area contributed by atoms with E-state index in [0.29, 0.717) is 13.0 Å². The highest BCUT2D eigenvalue weighted by Gasteiger charge is 2.04. The molecule has 0 atom stereocenters. The number of hydrogen-bond donors (Lipinski definition) is 1. The lowest BCUT2D eigenvalue weighted by Gasteiger charge is -2.03. The van der Waals surface area contributed by atoms with Gasteiger partial charge in [0.1, 0.15) is 0 Å². The van der Waals surface area contributed by atoms with Crippen LogP contribution in [0.5, 0.6) is 0 Å². The summed E-state index contributed by atoms with van der Waals surface area (Å²) in [6.45, 7) is 0.342. The van der Waals surface area contributed by atoms with E-state index in [0.717, 1.165) is 6.42 Å². The zero-order chi connectivity index (χ0) is 11.8. The summed E-state index contributed by atoms with van der Waals surface area (Å²) < 4.78 is 4.46. The Kier molecular flexibility index (Phi) is 5.56. The summed E-state index contributed by atoms with van der Waals surface area (Å²) >= 11 is 1.62. The number of methoxy groups -OCH3 is 1. The van der Waals surface area contributed by atoms with E-state index in [4.69, 9.17) is 0 Å². The molecular weight excluding hydrogens is 226 g/mol. The van der Waals surface area contributed by atoms with Crippen molar-refractivity contribution in [2.75, 3.05) is 13.7 Å². The minimum atomic E-state index is -0.307. The standard InChI is InChI=1S/C11H15NO3S/c1-15-11(14)4-6-12-10(13)3-2-9-5-7-16-8-9/h5,7-8H,2-4,6H2,1H3,(H,12,13). The molecule has 0 aromatic carbocycles. The number of hydrogen-bond acceptors (Lipinski definition) is 4. The van der Waals surface area contributed by atoms with Crippen LogP contribution in [0.2, 0.25) is 0 Å². The first-order valence-electron chi connectivity index (χ1n) is 5.07. The molecule has 0 saturated carbocycles. The summed E-state index contributed by atoms with van der Waals surface area (Å²) in [5, 5.41) is 6.69. The molecular formula is C11H15NO3S. The summed E-state index contributed by atoms with van der Waals surface area (Å²) in [5.74, 6) is -0.340. The molecule has 0 unspecified atom stereocenters. The number of esters is 1. The van der Waals surface area contributed by atoms with E-state index in [-0.39, 0.29) is 18.3 Å². The van der Waals surface area contributed by atoms with Crippen LogP contribution in [0, 0.1) is 0 Å². The summed E-state index contributed by atoms with van der Waals surface area (Å²) in [6.07, 6.45) is 1.42. The van der Waals surface area contributed by atoms with Crippen LogP contribution in [-0.2, 0) is 20.7 Å². The number of thiophene rings is 1. The largest absolute Gasteiger partial charge is 0.469 e. The Morgan fingerprint density at radius 3 is 2.88 bits per heavy atom. The van der Waals surface area contributed by atoms with Crippen LogP contribution in [0.15, 0.2) is 16.8 Å². The first-order valence-corrected chi connectivity index (χ1v) is 6.01. The molecule has 5 heteroatoms. The average Bonchev–Trinajstić information content (AvgIpc) is 2.79. The Bertz CT molecular complexity index is 335. The molecule has 0 saturated heterocycles. The second-order valence-corrected chi connectivity index (χ2v) is 4.09. The van der Waals surface area contributed by atoms with E-state index < -0.39 is 0 Å². The van der Waals surface area contributed by atoms with Crippen molar-refractivity contribution in [1.82, 2.24) is 5.32 Å². The molecule has 0 bridgehead atoms. The van der Waals surface area contributed by atoms with Crippen LogP contribution in [0.4, 0.5) is 0 Å². The van der Waals surface area contributed by atoms with E-state index >= 15 is 0 Å². The second-order valence-electron chi connectivity index (χ2n) is 3.31. The highest BCUT2D eigenvalue weighted by atomic mass is 32.1. The molecule has 1 aromatic heterocycles. The maximum Gasteiger partial charge on any atom is 0.307 e. The van der Waals surface area contributed by atoms with Gasteiger partial charge in [-0.25, -0.2) is 0 Å². The number of amides is 1. The molecule has 1 heterocycles. The van der Waals surface area contributed by atoms with Crippen LogP contribution in [0.25, 0.3) is 0 Å². The number of rotatable bonds is 6. The second kappa shape index (κ2) is 7.00. The predicted molar refractivity (Wildman–Crippen MR) is 62.3 cm³/mol. The van der Waals surface area contributed by atoms with Gasteiger partial charge in [-0.1, -0.05) is 0 Å². The monoisotopic (exact) mass is 241 g/mol. The first-order chi connectivity index (χ1) is 7.72. The van der Waals surface area contributed by atoms with Gasteiger partial charge in [0.2, 0.25) is 5.91 Å². The van der Waals surface area contributed by atoms with Crippen molar-refractivity contribution < 1.29 is 14.3 Å². The molecule has 1 rings (SSSR count). The Labute approximate surface area is 98.6 Å². The highest BCUT2D eigenvalue weighted by molar-refractivity contribution is 7.07. The zero-order valence-electron chi connectivity index (χ0n) is 9.19. The number of carbonyl (C=O) groups is 2. The van der Waals surface area contributed by atoms with Crippen LogP contribution in [0.1, 0.15) is 18.4 Å². The smallest absolute Gasteiger partial charge is 0.307 e. The van der Waals surface area contributed by atoms with E-state index in [9.17, 15) is 9.59 Å². The molecule has 0 radical (unpaired) electrons. The fraction of sp³-hybridized carbons (Fsp3) is 0.455. The van der Waals surface area contributed by atoms with Crippen LogP contribution in [0.3, 0.4) is 0 Å². The van der Waals surface area contributed by atoms with Gasteiger partial charge in [0, 0.05) is 13.0 Å². The fourth-order valence-corrected chi connectivity index (χ4v) is 1.89. The average molecular weight is 241 g/mol. The number of ether oxygens (including phenoxy) is 1. The third-order valence-electron chi connectivity index (χ3n) is 2.10. The van der Waals surface area contributed by atoms with Gasteiger partial charge < -0.3 is 10.1 Å². The highest BCUT2D eigenvalue weighted by Crippen LogP contribution is 2.07. The van der Waals surface area contributed by atoms with Crippen molar-refractivity contribution in [2.45, 2.75) is 19.3 Å². The summed E-state index contributed by atoms with van der Waals surface area (Å²) in [7, 11) is 1.33. The molecule has 0 aliphatic heterocycles. The van der Waals surface area contributed by atoms with Crippen LogP contribution >= 0.6 is 11.3 Å². The minimum absolute atomic E-state index is 0.0323.